The van der Waals surface area contributed by atoms with Crippen LogP contribution in [0.3, 0.4) is 0 Å². The van der Waals surface area contributed by atoms with Gasteiger partial charge in [-0.15, -0.1) is 0 Å². The summed E-state index contributed by atoms with van der Waals surface area (Å²) in [5.41, 5.74) is -1.08. The van der Waals surface area contributed by atoms with Crippen LogP contribution in [0.1, 0.15) is 20.3 Å². The lowest BCUT2D eigenvalue weighted by atomic mass is 10.0. The Balaban J connectivity index is 3.01. The monoisotopic (exact) mass is 287 g/mol. The van der Waals surface area contributed by atoms with Crippen LogP contribution in [0.15, 0.2) is 29.2 Å². The number of methoxy groups -OCH3 is 1. The fraction of sp³-hybridized carbons (Fsp3) is 0.417. The number of carboxylic acid groups (broad SMARTS) is 1. The van der Waals surface area contributed by atoms with Gasteiger partial charge in [-0.05, 0) is 26.0 Å². The quantitative estimate of drug-likeness (QED) is 0.820. The average Bonchev–Trinajstić information content (AvgIpc) is 2.25. The molecule has 0 amide bonds. The first-order chi connectivity index (χ1) is 8.66. The first kappa shape index (κ1) is 15.5. The summed E-state index contributed by atoms with van der Waals surface area (Å²) in [7, 11) is -2.35. The highest BCUT2D eigenvalue weighted by Gasteiger charge is 2.28. The number of benzene rings is 1. The number of carboxylic acids is 1. The van der Waals surface area contributed by atoms with Gasteiger partial charge in [0.25, 0.3) is 0 Å². The zero-order valence-electron chi connectivity index (χ0n) is 11.0. The molecule has 0 saturated heterocycles. The summed E-state index contributed by atoms with van der Waals surface area (Å²) in [6.45, 7) is 3.03. The van der Waals surface area contributed by atoms with E-state index in [1.165, 1.54) is 33.1 Å². The largest absolute Gasteiger partial charge is 0.497 e. The van der Waals surface area contributed by atoms with Crippen molar-refractivity contribution in [3.8, 4) is 5.75 Å². The van der Waals surface area contributed by atoms with E-state index in [4.69, 9.17) is 9.84 Å². The second kappa shape index (κ2) is 5.58. The van der Waals surface area contributed by atoms with Crippen molar-refractivity contribution in [2.24, 2.45) is 0 Å². The van der Waals surface area contributed by atoms with E-state index >= 15 is 0 Å². The van der Waals surface area contributed by atoms with Crippen molar-refractivity contribution in [1.82, 2.24) is 4.72 Å². The van der Waals surface area contributed by atoms with Gasteiger partial charge in [-0.1, -0.05) is 6.07 Å². The summed E-state index contributed by atoms with van der Waals surface area (Å²) in [6, 6.07) is 5.97. The fourth-order valence-corrected chi connectivity index (χ4v) is 3.05. The molecular weight excluding hydrogens is 270 g/mol. The van der Waals surface area contributed by atoms with Crippen LogP contribution in [-0.4, -0.2) is 32.1 Å². The molecule has 106 valence electrons. The summed E-state index contributed by atoms with van der Waals surface area (Å²) in [5, 5.41) is 8.74. The maximum atomic E-state index is 12.1. The Morgan fingerprint density at radius 2 is 2.05 bits per heavy atom. The predicted octanol–water partition coefficient (Wildman–Crippen LogP) is 1.23. The summed E-state index contributed by atoms with van der Waals surface area (Å²) in [5.74, 6) is -0.655. The molecule has 0 aliphatic carbocycles. The van der Waals surface area contributed by atoms with Gasteiger partial charge in [0.15, 0.2) is 0 Å². The van der Waals surface area contributed by atoms with Gasteiger partial charge in [0.05, 0.1) is 18.4 Å². The first-order valence-corrected chi connectivity index (χ1v) is 7.04. The van der Waals surface area contributed by atoms with E-state index < -0.39 is 21.5 Å². The third kappa shape index (κ3) is 4.53. The second-order valence-corrected chi connectivity index (χ2v) is 6.42. The van der Waals surface area contributed by atoms with E-state index in [9.17, 15) is 13.2 Å². The van der Waals surface area contributed by atoms with E-state index in [1.54, 1.807) is 12.1 Å². The molecule has 0 spiro atoms. The summed E-state index contributed by atoms with van der Waals surface area (Å²) in [6.07, 6.45) is -0.309. The molecule has 0 radical (unpaired) electrons. The van der Waals surface area contributed by atoms with Crippen LogP contribution >= 0.6 is 0 Å². The molecular formula is C12H17NO5S. The Morgan fingerprint density at radius 3 is 2.58 bits per heavy atom. The molecule has 2 N–H and O–H groups in total. The maximum Gasteiger partial charge on any atom is 0.305 e. The van der Waals surface area contributed by atoms with Crippen molar-refractivity contribution in [2.45, 2.75) is 30.7 Å². The Kier molecular flexibility index (Phi) is 4.54. The Labute approximate surface area is 112 Å². The molecule has 6 nitrogen and oxygen atoms in total. The van der Waals surface area contributed by atoms with Crippen molar-refractivity contribution in [3.63, 3.8) is 0 Å². The molecule has 0 saturated carbocycles. The zero-order chi connectivity index (χ0) is 14.7. The van der Waals surface area contributed by atoms with Crippen LogP contribution in [0.5, 0.6) is 5.75 Å². The summed E-state index contributed by atoms with van der Waals surface area (Å²) < 4.78 is 31.6. The van der Waals surface area contributed by atoms with Gasteiger partial charge >= 0.3 is 5.97 Å². The van der Waals surface area contributed by atoms with Gasteiger partial charge in [0.1, 0.15) is 5.75 Å². The van der Waals surface area contributed by atoms with Gasteiger partial charge in [-0.3, -0.25) is 4.79 Å². The van der Waals surface area contributed by atoms with Crippen LogP contribution in [-0.2, 0) is 14.8 Å². The number of rotatable bonds is 6. The highest BCUT2D eigenvalue weighted by Crippen LogP contribution is 2.19. The van der Waals surface area contributed by atoms with Gasteiger partial charge < -0.3 is 9.84 Å². The first-order valence-electron chi connectivity index (χ1n) is 5.56. The molecule has 0 aliphatic rings. The number of nitrogens with one attached hydrogen (secondary N) is 1. The molecule has 0 atom stereocenters. The van der Waals surface area contributed by atoms with E-state index in [0.717, 1.165) is 0 Å². The van der Waals surface area contributed by atoms with E-state index in [1.807, 2.05) is 0 Å². The molecule has 7 heteroatoms. The van der Waals surface area contributed by atoms with Crippen molar-refractivity contribution in [2.75, 3.05) is 7.11 Å². The highest BCUT2D eigenvalue weighted by atomic mass is 32.2. The maximum absolute atomic E-state index is 12.1. The SMILES string of the molecule is COc1cccc(S(=O)(=O)NC(C)(C)CC(=O)O)c1. The molecule has 19 heavy (non-hydrogen) atoms. The molecule has 1 aromatic rings. The highest BCUT2D eigenvalue weighted by molar-refractivity contribution is 7.89. The minimum Gasteiger partial charge on any atom is -0.497 e. The topological polar surface area (TPSA) is 92.7 Å². The van der Waals surface area contributed by atoms with Crippen molar-refractivity contribution in [3.05, 3.63) is 24.3 Å². The zero-order valence-corrected chi connectivity index (χ0v) is 11.8. The lowest BCUT2D eigenvalue weighted by molar-refractivity contribution is -0.138. The third-order valence-corrected chi connectivity index (χ3v) is 4.05. The van der Waals surface area contributed by atoms with E-state index in [-0.39, 0.29) is 11.3 Å². The second-order valence-electron chi connectivity index (χ2n) is 4.74. The standard InChI is InChI=1S/C12H17NO5S/c1-12(2,8-11(14)15)13-19(16,17)10-6-4-5-9(7-10)18-3/h4-7,13H,8H2,1-3H3,(H,14,15). The Bertz CT molecular complexity index is 565. The van der Waals surface area contributed by atoms with Crippen LogP contribution in [0.25, 0.3) is 0 Å². The number of sulfonamides is 1. The summed E-state index contributed by atoms with van der Waals surface area (Å²) >= 11 is 0. The van der Waals surface area contributed by atoms with E-state index in [0.29, 0.717) is 5.75 Å². The lowest BCUT2D eigenvalue weighted by Gasteiger charge is -2.24. The molecule has 0 heterocycles. The van der Waals surface area contributed by atoms with Crippen LogP contribution in [0.4, 0.5) is 0 Å². The summed E-state index contributed by atoms with van der Waals surface area (Å²) in [4.78, 5) is 10.7. The minimum absolute atomic E-state index is 0.0327. The van der Waals surface area contributed by atoms with Gasteiger partial charge in [0.2, 0.25) is 10.0 Å². The number of aliphatic carboxylic acids is 1. The molecule has 1 rings (SSSR count). The average molecular weight is 287 g/mol. The minimum atomic E-state index is -3.79. The molecule has 1 aromatic carbocycles. The van der Waals surface area contributed by atoms with Crippen LogP contribution < -0.4 is 9.46 Å². The molecule has 0 aliphatic heterocycles. The Hall–Kier alpha value is -1.60. The predicted molar refractivity (Wildman–Crippen MR) is 69.6 cm³/mol. The van der Waals surface area contributed by atoms with Gasteiger partial charge in [-0.2, -0.15) is 0 Å². The van der Waals surface area contributed by atoms with Gasteiger partial charge in [-0.25, -0.2) is 13.1 Å². The number of carbonyl (C=O) groups is 1. The number of hydrogen-bond acceptors (Lipinski definition) is 4. The van der Waals surface area contributed by atoms with Crippen molar-refractivity contribution in [1.29, 1.82) is 0 Å². The van der Waals surface area contributed by atoms with Crippen LogP contribution in [0, 0.1) is 0 Å². The smallest absolute Gasteiger partial charge is 0.305 e. The van der Waals surface area contributed by atoms with Crippen molar-refractivity contribution < 1.29 is 23.1 Å². The number of hydrogen-bond donors (Lipinski definition) is 2. The number of ether oxygens (including phenoxy) is 1. The van der Waals surface area contributed by atoms with Crippen LogP contribution in [0.2, 0.25) is 0 Å². The normalized spacial score (nSPS) is 12.2. The Morgan fingerprint density at radius 1 is 1.42 bits per heavy atom. The van der Waals surface area contributed by atoms with Gasteiger partial charge in [0, 0.05) is 11.6 Å². The van der Waals surface area contributed by atoms with Crippen molar-refractivity contribution >= 4 is 16.0 Å². The molecule has 0 aromatic heterocycles. The molecule has 0 bridgehead atoms. The molecule has 0 unspecified atom stereocenters. The van der Waals surface area contributed by atoms with E-state index in [2.05, 4.69) is 4.72 Å². The fourth-order valence-electron chi connectivity index (χ4n) is 1.61. The third-order valence-electron chi connectivity index (χ3n) is 2.36. The lowest BCUT2D eigenvalue weighted by Crippen LogP contribution is -2.44. The molecule has 0 fully saturated rings.